The first kappa shape index (κ1) is 20.7. The zero-order valence-corrected chi connectivity index (χ0v) is 16.0. The van der Waals surface area contributed by atoms with Crippen LogP contribution in [0.4, 0.5) is 17.7 Å². The van der Waals surface area contributed by atoms with Crippen molar-refractivity contribution < 1.29 is 78.6 Å². The summed E-state index contributed by atoms with van der Waals surface area (Å²) in [5.74, 6) is 0. The fourth-order valence-corrected chi connectivity index (χ4v) is 2.05. The predicted octanol–water partition coefficient (Wildman–Crippen LogP) is 0.210. The molecule has 0 spiro atoms. The molecular weight excluding hydrogens is 301 g/mol. The van der Waals surface area contributed by atoms with Gasteiger partial charge in [0.2, 0.25) is 0 Å². The molecule has 20 heavy (non-hydrogen) atoms. The summed E-state index contributed by atoms with van der Waals surface area (Å²) in [5, 5.41) is 0. The van der Waals surface area contributed by atoms with E-state index in [0.717, 1.165) is 4.90 Å². The molecule has 0 aromatic rings. The fraction of sp³-hybridized carbons (Fsp3) is 0.909. The van der Waals surface area contributed by atoms with Crippen LogP contribution < -0.4 is 51.4 Å². The van der Waals surface area contributed by atoms with E-state index < -0.39 is 36.8 Å². The standard InChI is InChI=1S/C11H20BF3NO3.K/c1-10(2,3)19-9(17)16-8(6-12(13,14)15)7-18-11(16,4)5;/h8H,6-7H2,1-5H3;/q-1;+1. The summed E-state index contributed by atoms with van der Waals surface area (Å²) in [5.41, 5.74) is -1.85. The van der Waals surface area contributed by atoms with Crippen molar-refractivity contribution in [2.75, 3.05) is 6.61 Å². The molecule has 1 rings (SSSR count). The molecule has 1 heterocycles. The molecule has 1 aliphatic heterocycles. The number of nitrogens with zero attached hydrogens (tertiary/aromatic N) is 1. The van der Waals surface area contributed by atoms with Crippen molar-refractivity contribution in [3.63, 3.8) is 0 Å². The minimum absolute atomic E-state index is 0. The maximum Gasteiger partial charge on any atom is 1.00 e. The van der Waals surface area contributed by atoms with Crippen molar-refractivity contribution in [1.82, 2.24) is 4.90 Å². The first-order chi connectivity index (χ1) is 8.32. The summed E-state index contributed by atoms with van der Waals surface area (Å²) in [6.07, 6.45) is -1.82. The monoisotopic (exact) mass is 321 g/mol. The molecule has 1 atom stereocenters. The van der Waals surface area contributed by atoms with Gasteiger partial charge in [0.15, 0.2) is 0 Å². The van der Waals surface area contributed by atoms with Crippen LogP contribution in [0.25, 0.3) is 0 Å². The van der Waals surface area contributed by atoms with Crippen LogP contribution in [0.5, 0.6) is 0 Å². The number of carbonyl (C=O) groups is 1. The Balaban J connectivity index is 0.00000361. The van der Waals surface area contributed by atoms with E-state index in [1.165, 1.54) is 0 Å². The van der Waals surface area contributed by atoms with Crippen molar-refractivity contribution in [2.45, 2.75) is 58.3 Å². The van der Waals surface area contributed by atoms with E-state index in [0.29, 0.717) is 0 Å². The van der Waals surface area contributed by atoms with Gasteiger partial charge in [0, 0.05) is 6.04 Å². The van der Waals surface area contributed by atoms with Crippen molar-refractivity contribution in [1.29, 1.82) is 0 Å². The molecule has 1 saturated heterocycles. The molecule has 0 bridgehead atoms. The minimum Gasteiger partial charge on any atom is -0.449 e. The number of amides is 1. The summed E-state index contributed by atoms with van der Waals surface area (Å²) < 4.78 is 48.1. The van der Waals surface area contributed by atoms with Crippen LogP contribution in [-0.2, 0) is 9.47 Å². The van der Waals surface area contributed by atoms with Gasteiger partial charge in [-0.05, 0) is 34.6 Å². The maximum absolute atomic E-state index is 12.6. The van der Waals surface area contributed by atoms with Gasteiger partial charge in [-0.15, -0.1) is 0 Å². The Hall–Kier alpha value is 0.721. The van der Waals surface area contributed by atoms with Gasteiger partial charge in [-0.1, -0.05) is 6.32 Å². The van der Waals surface area contributed by atoms with Crippen LogP contribution in [0.15, 0.2) is 0 Å². The van der Waals surface area contributed by atoms with E-state index in [4.69, 9.17) is 9.47 Å². The molecule has 112 valence electrons. The smallest absolute Gasteiger partial charge is 0.449 e. The van der Waals surface area contributed by atoms with Gasteiger partial charge in [0.25, 0.3) is 0 Å². The number of ether oxygens (including phenoxy) is 2. The van der Waals surface area contributed by atoms with Crippen LogP contribution in [0.1, 0.15) is 34.6 Å². The van der Waals surface area contributed by atoms with Gasteiger partial charge >= 0.3 is 64.5 Å². The molecular formula is C11H20BF3KNO3. The quantitative estimate of drug-likeness (QED) is 0.683. The topological polar surface area (TPSA) is 38.8 Å². The number of rotatable bonds is 2. The van der Waals surface area contributed by atoms with Gasteiger partial charge in [0.05, 0.1) is 6.61 Å². The van der Waals surface area contributed by atoms with Gasteiger partial charge in [-0.2, -0.15) is 0 Å². The van der Waals surface area contributed by atoms with Crippen LogP contribution in [0, 0.1) is 0 Å². The van der Waals surface area contributed by atoms with E-state index in [9.17, 15) is 17.7 Å². The van der Waals surface area contributed by atoms with E-state index >= 15 is 0 Å². The Morgan fingerprint density at radius 1 is 1.40 bits per heavy atom. The number of hydrogen-bond acceptors (Lipinski definition) is 3. The molecule has 0 aliphatic carbocycles. The Kier molecular flexibility index (Phi) is 7.12. The van der Waals surface area contributed by atoms with E-state index in [2.05, 4.69) is 0 Å². The molecule has 0 aromatic carbocycles. The van der Waals surface area contributed by atoms with Gasteiger partial charge in [-0.3, -0.25) is 4.90 Å². The minimum atomic E-state index is -4.99. The number of hydrogen-bond donors (Lipinski definition) is 0. The SMILES string of the molecule is CC(C)(C)OC(=O)N1C(C[B-](F)(F)F)COC1(C)C.[K+]. The first-order valence-corrected chi connectivity index (χ1v) is 6.19. The summed E-state index contributed by atoms with van der Waals surface area (Å²) in [6.45, 7) is 2.99. The molecule has 4 nitrogen and oxygen atoms in total. The van der Waals surface area contributed by atoms with E-state index in [1.807, 2.05) is 0 Å². The van der Waals surface area contributed by atoms with Crippen molar-refractivity contribution in [2.24, 2.45) is 0 Å². The molecule has 1 unspecified atom stereocenters. The third-order valence-electron chi connectivity index (χ3n) is 2.70. The second-order valence-electron chi connectivity index (χ2n) is 6.21. The van der Waals surface area contributed by atoms with Crippen LogP contribution >= 0.6 is 0 Å². The van der Waals surface area contributed by atoms with Crippen molar-refractivity contribution in [3.8, 4) is 0 Å². The third-order valence-corrected chi connectivity index (χ3v) is 2.70. The third kappa shape index (κ3) is 6.23. The molecule has 0 N–H and O–H groups in total. The molecule has 9 heteroatoms. The Morgan fingerprint density at radius 2 is 1.90 bits per heavy atom. The zero-order chi connectivity index (χ0) is 15.1. The summed E-state index contributed by atoms with van der Waals surface area (Å²) in [4.78, 5) is 13.1. The normalized spacial score (nSPS) is 22.4. The predicted molar refractivity (Wildman–Crippen MR) is 65.8 cm³/mol. The maximum atomic E-state index is 12.6. The molecule has 1 fully saturated rings. The van der Waals surface area contributed by atoms with Crippen molar-refractivity contribution in [3.05, 3.63) is 0 Å². The van der Waals surface area contributed by atoms with Gasteiger partial charge in [-0.25, -0.2) is 4.79 Å². The molecule has 1 amide bonds. The Labute approximate surface area is 160 Å². The average molecular weight is 321 g/mol. The molecule has 0 aromatic heterocycles. The van der Waals surface area contributed by atoms with Crippen LogP contribution in [0.2, 0.25) is 6.32 Å². The van der Waals surface area contributed by atoms with Gasteiger partial charge in [0.1, 0.15) is 11.3 Å². The van der Waals surface area contributed by atoms with Crippen molar-refractivity contribution >= 4 is 13.1 Å². The number of halogens is 3. The summed E-state index contributed by atoms with van der Waals surface area (Å²) in [7, 11) is 0. The summed E-state index contributed by atoms with van der Waals surface area (Å²) >= 11 is 0. The molecule has 1 aliphatic rings. The zero-order valence-electron chi connectivity index (χ0n) is 12.9. The van der Waals surface area contributed by atoms with Crippen LogP contribution in [0.3, 0.4) is 0 Å². The summed E-state index contributed by atoms with van der Waals surface area (Å²) in [6, 6.07) is -1.02. The molecule has 0 saturated carbocycles. The largest absolute Gasteiger partial charge is 1.00 e. The van der Waals surface area contributed by atoms with Gasteiger partial charge < -0.3 is 22.4 Å². The van der Waals surface area contributed by atoms with E-state index in [1.54, 1.807) is 34.6 Å². The second kappa shape index (κ2) is 6.87. The Morgan fingerprint density at radius 3 is 2.30 bits per heavy atom. The second-order valence-corrected chi connectivity index (χ2v) is 6.21. The Bertz CT molecular complexity index is 358. The van der Waals surface area contributed by atoms with E-state index in [-0.39, 0.29) is 58.0 Å². The average Bonchev–Trinajstić information content (AvgIpc) is 2.34. The first-order valence-electron chi connectivity index (χ1n) is 6.19. The van der Waals surface area contributed by atoms with Crippen LogP contribution in [-0.4, -0.2) is 41.9 Å². The fourth-order valence-electron chi connectivity index (χ4n) is 2.05. The number of carbonyl (C=O) groups excluding carboxylic acids is 1. The molecule has 0 radical (unpaired) electrons.